The van der Waals surface area contributed by atoms with E-state index >= 15 is 0 Å². The normalized spacial score (nSPS) is 16.7. The van der Waals surface area contributed by atoms with E-state index < -0.39 is 18.2 Å². The highest BCUT2D eigenvalue weighted by Gasteiger charge is 2.28. The van der Waals surface area contributed by atoms with E-state index in [2.05, 4.69) is 5.32 Å². The molecule has 1 amide bonds. The molecule has 0 spiro atoms. The zero-order valence-corrected chi connectivity index (χ0v) is 12.7. The minimum absolute atomic E-state index is 0.237. The Labute approximate surface area is 128 Å². The summed E-state index contributed by atoms with van der Waals surface area (Å²) in [4.78, 5) is 23.6. The third-order valence-corrected chi connectivity index (χ3v) is 3.30. The van der Waals surface area contributed by atoms with Crippen LogP contribution in [-0.2, 0) is 14.3 Å². The van der Waals surface area contributed by atoms with Crippen LogP contribution in [0.2, 0.25) is 5.02 Å². The fourth-order valence-electron chi connectivity index (χ4n) is 1.64. The van der Waals surface area contributed by atoms with Gasteiger partial charge < -0.3 is 14.8 Å². The maximum Gasteiger partial charge on any atom is 0.347 e. The van der Waals surface area contributed by atoms with E-state index in [0.717, 1.165) is 12.8 Å². The summed E-state index contributed by atoms with van der Waals surface area (Å²) >= 11 is 5.77. The third kappa shape index (κ3) is 4.93. The summed E-state index contributed by atoms with van der Waals surface area (Å²) in [6.07, 6.45) is 0.349. The van der Waals surface area contributed by atoms with Crippen LogP contribution in [0.1, 0.15) is 26.7 Å². The molecule has 0 aliphatic heterocycles. The van der Waals surface area contributed by atoms with Gasteiger partial charge in [-0.15, -0.1) is 0 Å². The van der Waals surface area contributed by atoms with Crippen molar-refractivity contribution in [1.82, 2.24) is 5.32 Å². The predicted molar refractivity (Wildman–Crippen MR) is 78.3 cm³/mol. The van der Waals surface area contributed by atoms with Crippen molar-refractivity contribution in [3.05, 3.63) is 29.3 Å². The van der Waals surface area contributed by atoms with E-state index in [4.69, 9.17) is 21.1 Å². The lowest BCUT2D eigenvalue weighted by atomic mass is 10.3. The van der Waals surface area contributed by atoms with Gasteiger partial charge in [0.25, 0.3) is 5.91 Å². The molecule has 6 heteroatoms. The Balaban J connectivity index is 1.80. The number of carbonyl (C=O) groups is 2. The van der Waals surface area contributed by atoms with Crippen molar-refractivity contribution < 1.29 is 19.1 Å². The average Bonchev–Trinajstić information content (AvgIpc) is 3.25. The highest BCUT2D eigenvalue weighted by molar-refractivity contribution is 6.30. The molecule has 5 nitrogen and oxygen atoms in total. The molecule has 0 bridgehead atoms. The van der Waals surface area contributed by atoms with Gasteiger partial charge in [-0.2, -0.15) is 0 Å². The third-order valence-electron chi connectivity index (χ3n) is 3.04. The Morgan fingerprint density at radius 3 is 2.38 bits per heavy atom. The number of carbonyl (C=O) groups excluding carboxylic acids is 2. The molecule has 0 heterocycles. The van der Waals surface area contributed by atoms with Crippen LogP contribution < -0.4 is 10.1 Å². The van der Waals surface area contributed by atoms with Crippen LogP contribution in [0, 0.1) is 0 Å². The molecule has 1 saturated carbocycles. The molecule has 1 aliphatic rings. The lowest BCUT2D eigenvalue weighted by Crippen LogP contribution is -2.39. The van der Waals surface area contributed by atoms with Gasteiger partial charge in [0, 0.05) is 11.1 Å². The lowest BCUT2D eigenvalue weighted by Gasteiger charge is -2.17. The number of hydrogen-bond donors (Lipinski definition) is 1. The topological polar surface area (TPSA) is 64.6 Å². The lowest BCUT2D eigenvalue weighted by molar-refractivity contribution is -0.160. The summed E-state index contributed by atoms with van der Waals surface area (Å²) < 4.78 is 10.5. The van der Waals surface area contributed by atoms with E-state index in [1.807, 2.05) is 0 Å². The standard InChI is InChI=1S/C15H18ClNO4/c1-9(14(18)17-12-5-6-12)21-15(19)10(2)20-13-7-3-11(16)4-8-13/h3-4,7-10,12H,5-6H2,1-2H3,(H,17,18)/t9-,10+/m0/s1. The molecule has 1 aliphatic carbocycles. The van der Waals surface area contributed by atoms with Crippen LogP contribution in [0.25, 0.3) is 0 Å². The minimum atomic E-state index is -0.825. The van der Waals surface area contributed by atoms with E-state index in [1.54, 1.807) is 38.1 Å². The van der Waals surface area contributed by atoms with Crippen molar-refractivity contribution in [2.45, 2.75) is 44.9 Å². The molecule has 1 aromatic rings. The number of nitrogens with one attached hydrogen (secondary N) is 1. The average molecular weight is 312 g/mol. The number of halogens is 1. The first kappa shape index (κ1) is 15.6. The molecule has 1 N–H and O–H groups in total. The number of rotatable bonds is 6. The van der Waals surface area contributed by atoms with Gasteiger partial charge in [0.15, 0.2) is 12.2 Å². The van der Waals surface area contributed by atoms with Crippen LogP contribution in [0.3, 0.4) is 0 Å². The summed E-state index contributed by atoms with van der Waals surface area (Å²) in [5.74, 6) is -0.341. The Morgan fingerprint density at radius 2 is 1.81 bits per heavy atom. The molecule has 1 fully saturated rings. The Kier molecular flexibility index (Phi) is 5.07. The summed E-state index contributed by atoms with van der Waals surface area (Å²) in [7, 11) is 0. The second-order valence-corrected chi connectivity index (χ2v) is 5.51. The summed E-state index contributed by atoms with van der Waals surface area (Å²) in [5, 5.41) is 3.37. The molecule has 2 rings (SSSR count). The molecule has 2 atom stereocenters. The highest BCUT2D eigenvalue weighted by atomic mass is 35.5. The van der Waals surface area contributed by atoms with Crippen molar-refractivity contribution in [3.63, 3.8) is 0 Å². The Bertz CT molecular complexity index is 513. The molecule has 0 radical (unpaired) electrons. The molecule has 1 aromatic carbocycles. The maximum atomic E-state index is 11.9. The van der Waals surface area contributed by atoms with Crippen molar-refractivity contribution in [3.8, 4) is 5.75 Å². The largest absolute Gasteiger partial charge is 0.479 e. The second-order valence-electron chi connectivity index (χ2n) is 5.08. The number of amides is 1. The summed E-state index contributed by atoms with van der Waals surface area (Å²) in [6.45, 7) is 3.12. The van der Waals surface area contributed by atoms with E-state index in [0.29, 0.717) is 10.8 Å². The van der Waals surface area contributed by atoms with Gasteiger partial charge in [-0.3, -0.25) is 4.79 Å². The van der Waals surface area contributed by atoms with E-state index in [1.165, 1.54) is 0 Å². The molecule has 114 valence electrons. The molecule has 21 heavy (non-hydrogen) atoms. The molecule has 0 aromatic heterocycles. The number of esters is 1. The van der Waals surface area contributed by atoms with Crippen LogP contribution >= 0.6 is 11.6 Å². The van der Waals surface area contributed by atoms with Crippen LogP contribution in [0.15, 0.2) is 24.3 Å². The Morgan fingerprint density at radius 1 is 1.19 bits per heavy atom. The SMILES string of the molecule is C[C@H](OC(=O)[C@@H](C)Oc1ccc(Cl)cc1)C(=O)NC1CC1. The van der Waals surface area contributed by atoms with Crippen molar-refractivity contribution in [1.29, 1.82) is 0 Å². The van der Waals surface area contributed by atoms with Gasteiger partial charge >= 0.3 is 5.97 Å². The van der Waals surface area contributed by atoms with Gasteiger partial charge in [0.1, 0.15) is 5.75 Å². The Hall–Kier alpha value is -1.75. The first-order valence-electron chi connectivity index (χ1n) is 6.89. The highest BCUT2D eigenvalue weighted by Crippen LogP contribution is 2.19. The van der Waals surface area contributed by atoms with Crippen LogP contribution in [-0.4, -0.2) is 30.1 Å². The first-order chi connectivity index (χ1) is 9.95. The van der Waals surface area contributed by atoms with Crippen LogP contribution in [0.4, 0.5) is 0 Å². The van der Waals surface area contributed by atoms with Gasteiger partial charge in [-0.05, 0) is 51.0 Å². The maximum absolute atomic E-state index is 11.9. The van der Waals surface area contributed by atoms with Crippen molar-refractivity contribution in [2.24, 2.45) is 0 Å². The van der Waals surface area contributed by atoms with Gasteiger partial charge in [-0.25, -0.2) is 4.79 Å². The molecule has 0 saturated heterocycles. The quantitative estimate of drug-likeness (QED) is 0.819. The van der Waals surface area contributed by atoms with Crippen molar-refractivity contribution >= 4 is 23.5 Å². The summed E-state index contributed by atoms with van der Waals surface area (Å²) in [6, 6.07) is 6.90. The second kappa shape index (κ2) is 6.80. The van der Waals surface area contributed by atoms with Gasteiger partial charge in [0.05, 0.1) is 0 Å². The number of ether oxygens (including phenoxy) is 2. The van der Waals surface area contributed by atoms with E-state index in [-0.39, 0.29) is 11.9 Å². The fraction of sp³-hybridized carbons (Fsp3) is 0.467. The van der Waals surface area contributed by atoms with Gasteiger partial charge in [0.2, 0.25) is 0 Å². The first-order valence-corrected chi connectivity index (χ1v) is 7.26. The number of benzene rings is 1. The van der Waals surface area contributed by atoms with Crippen molar-refractivity contribution in [2.75, 3.05) is 0 Å². The zero-order chi connectivity index (χ0) is 15.4. The van der Waals surface area contributed by atoms with E-state index in [9.17, 15) is 9.59 Å². The van der Waals surface area contributed by atoms with Crippen LogP contribution in [0.5, 0.6) is 5.75 Å². The number of hydrogen-bond acceptors (Lipinski definition) is 4. The van der Waals surface area contributed by atoms with Gasteiger partial charge in [-0.1, -0.05) is 11.6 Å². The fourth-order valence-corrected chi connectivity index (χ4v) is 1.76. The monoisotopic (exact) mass is 311 g/mol. The molecular weight excluding hydrogens is 294 g/mol. The molecule has 0 unspecified atom stereocenters. The predicted octanol–water partition coefficient (Wildman–Crippen LogP) is 2.32. The zero-order valence-electron chi connectivity index (χ0n) is 12.0. The summed E-state index contributed by atoms with van der Waals surface area (Å²) in [5.41, 5.74) is 0. The minimum Gasteiger partial charge on any atom is -0.479 e. The smallest absolute Gasteiger partial charge is 0.347 e. The molecular formula is C15H18ClNO4.